The second-order valence-electron chi connectivity index (χ2n) is 6.88. The number of nitrogens with one attached hydrogen (secondary N) is 1. The van der Waals surface area contributed by atoms with Gasteiger partial charge < -0.3 is 15.0 Å². The number of benzene rings is 1. The maximum absolute atomic E-state index is 12.6. The highest BCUT2D eigenvalue weighted by atomic mass is 32.2. The summed E-state index contributed by atoms with van der Waals surface area (Å²) in [7, 11) is 1.61. The van der Waals surface area contributed by atoms with Crippen LogP contribution in [0.3, 0.4) is 0 Å². The van der Waals surface area contributed by atoms with Gasteiger partial charge in [0.15, 0.2) is 0 Å². The summed E-state index contributed by atoms with van der Waals surface area (Å²) >= 11 is 1.62. The van der Waals surface area contributed by atoms with E-state index < -0.39 is 0 Å². The van der Waals surface area contributed by atoms with Gasteiger partial charge in [-0.25, -0.2) is 4.98 Å². The fourth-order valence-electron chi connectivity index (χ4n) is 3.74. The normalized spacial score (nSPS) is 24.3. The van der Waals surface area contributed by atoms with Crippen molar-refractivity contribution >= 4 is 17.7 Å². The molecule has 136 valence electrons. The van der Waals surface area contributed by atoms with E-state index in [1.165, 1.54) is 25.9 Å². The van der Waals surface area contributed by atoms with Gasteiger partial charge in [-0.2, -0.15) is 0 Å². The van der Waals surface area contributed by atoms with Gasteiger partial charge in [-0.15, -0.1) is 0 Å². The largest absolute Gasteiger partial charge is 0.481 e. The first-order valence-corrected chi connectivity index (χ1v) is 9.84. The standard InChI is InChI=1S/C20H23N3O2S/c1-25-19-7-6-17(12-21-19)26-16-4-2-15(3-5-16)20(24)22-18-13-23-10-8-14(18)9-11-23/h2-7,12,14,18H,8-11,13H2,1H3,(H,22,24). The van der Waals surface area contributed by atoms with Crippen LogP contribution in [0.25, 0.3) is 0 Å². The van der Waals surface area contributed by atoms with E-state index in [-0.39, 0.29) is 5.91 Å². The molecule has 1 aromatic heterocycles. The van der Waals surface area contributed by atoms with Crippen molar-refractivity contribution < 1.29 is 9.53 Å². The Balaban J connectivity index is 1.36. The van der Waals surface area contributed by atoms with Crippen molar-refractivity contribution in [1.82, 2.24) is 15.2 Å². The van der Waals surface area contributed by atoms with E-state index >= 15 is 0 Å². The molecule has 26 heavy (non-hydrogen) atoms. The van der Waals surface area contributed by atoms with Gasteiger partial charge in [-0.05, 0) is 62.2 Å². The van der Waals surface area contributed by atoms with E-state index in [4.69, 9.17) is 4.74 Å². The number of hydrogen-bond donors (Lipinski definition) is 1. The lowest BCUT2D eigenvalue weighted by atomic mass is 9.84. The summed E-state index contributed by atoms with van der Waals surface area (Å²) in [5.74, 6) is 1.28. The second kappa shape index (κ2) is 7.68. The first kappa shape index (κ1) is 17.4. The number of nitrogens with zero attached hydrogens (tertiary/aromatic N) is 2. The Hall–Kier alpha value is -2.05. The number of carbonyl (C=O) groups excluding carboxylic acids is 1. The number of piperidine rings is 3. The Kier molecular flexibility index (Phi) is 5.13. The molecule has 3 saturated heterocycles. The first-order valence-electron chi connectivity index (χ1n) is 9.02. The van der Waals surface area contributed by atoms with E-state index in [9.17, 15) is 4.79 Å². The molecule has 2 bridgehead atoms. The van der Waals surface area contributed by atoms with Crippen LogP contribution in [0, 0.1) is 5.92 Å². The minimum Gasteiger partial charge on any atom is -0.481 e. The maximum atomic E-state index is 12.6. The maximum Gasteiger partial charge on any atom is 0.251 e. The van der Waals surface area contributed by atoms with Crippen LogP contribution in [-0.4, -0.2) is 48.6 Å². The predicted octanol–water partition coefficient (Wildman–Crippen LogP) is 3.07. The number of fused-ring (bicyclic) bond motifs is 3. The molecule has 0 aliphatic carbocycles. The van der Waals surface area contributed by atoms with Gasteiger partial charge in [-0.3, -0.25) is 4.79 Å². The zero-order valence-electron chi connectivity index (χ0n) is 14.9. The average Bonchev–Trinajstić information content (AvgIpc) is 2.70. The van der Waals surface area contributed by atoms with Gasteiger partial charge in [0, 0.05) is 40.2 Å². The van der Waals surface area contributed by atoms with Gasteiger partial charge in [0.05, 0.1) is 7.11 Å². The molecule has 0 radical (unpaired) electrons. The van der Waals surface area contributed by atoms with Crippen LogP contribution < -0.4 is 10.1 Å². The highest BCUT2D eigenvalue weighted by Gasteiger charge is 2.34. The molecule has 3 aliphatic heterocycles. The number of aromatic nitrogens is 1. The van der Waals surface area contributed by atoms with Crippen molar-refractivity contribution in [2.45, 2.75) is 28.7 Å². The van der Waals surface area contributed by atoms with Crippen LogP contribution in [0.15, 0.2) is 52.4 Å². The molecule has 0 spiro atoms. The summed E-state index contributed by atoms with van der Waals surface area (Å²) in [6, 6.07) is 11.9. The molecule has 3 fully saturated rings. The molecule has 3 aliphatic rings. The highest BCUT2D eigenvalue weighted by molar-refractivity contribution is 7.99. The van der Waals surface area contributed by atoms with Gasteiger partial charge >= 0.3 is 0 Å². The van der Waals surface area contributed by atoms with Crippen molar-refractivity contribution in [2.24, 2.45) is 5.92 Å². The quantitative estimate of drug-likeness (QED) is 0.878. The molecule has 1 aromatic carbocycles. The van der Waals surface area contributed by atoms with E-state index in [1.54, 1.807) is 25.1 Å². The van der Waals surface area contributed by atoms with E-state index in [2.05, 4.69) is 15.2 Å². The summed E-state index contributed by atoms with van der Waals surface area (Å²) in [4.78, 5) is 21.3. The Morgan fingerprint density at radius 2 is 1.88 bits per heavy atom. The summed E-state index contributed by atoms with van der Waals surface area (Å²) in [6.45, 7) is 3.36. The van der Waals surface area contributed by atoms with Crippen molar-refractivity contribution in [3.8, 4) is 5.88 Å². The summed E-state index contributed by atoms with van der Waals surface area (Å²) in [6.07, 6.45) is 4.20. The number of pyridine rings is 1. The minimum absolute atomic E-state index is 0.0337. The van der Waals surface area contributed by atoms with E-state index in [0.29, 0.717) is 17.8 Å². The van der Waals surface area contributed by atoms with Crippen LogP contribution in [0.2, 0.25) is 0 Å². The SMILES string of the molecule is COc1ccc(Sc2ccc(C(=O)NC3CN4CCC3CC4)cc2)cn1. The van der Waals surface area contributed by atoms with Crippen LogP contribution in [-0.2, 0) is 0 Å². The number of hydrogen-bond acceptors (Lipinski definition) is 5. The number of methoxy groups -OCH3 is 1. The molecule has 2 aromatic rings. The lowest BCUT2D eigenvalue weighted by molar-refractivity contribution is 0.0620. The topological polar surface area (TPSA) is 54.5 Å². The zero-order chi connectivity index (χ0) is 17.9. The Morgan fingerprint density at radius 1 is 1.15 bits per heavy atom. The monoisotopic (exact) mass is 369 g/mol. The lowest BCUT2D eigenvalue weighted by Gasteiger charge is -2.44. The molecular weight excluding hydrogens is 346 g/mol. The summed E-state index contributed by atoms with van der Waals surface area (Å²) in [5, 5.41) is 3.24. The van der Waals surface area contributed by atoms with Crippen molar-refractivity contribution in [2.75, 3.05) is 26.7 Å². The van der Waals surface area contributed by atoms with E-state index in [0.717, 1.165) is 21.9 Å². The zero-order valence-corrected chi connectivity index (χ0v) is 15.7. The molecule has 1 atom stereocenters. The summed E-state index contributed by atoms with van der Waals surface area (Å²) < 4.78 is 5.07. The average molecular weight is 369 g/mol. The van der Waals surface area contributed by atoms with Crippen molar-refractivity contribution in [1.29, 1.82) is 0 Å². The number of ether oxygens (including phenoxy) is 1. The predicted molar refractivity (Wildman–Crippen MR) is 102 cm³/mol. The number of amides is 1. The van der Waals surface area contributed by atoms with Gasteiger partial charge in [0.25, 0.3) is 5.91 Å². The Labute approximate surface area is 158 Å². The lowest BCUT2D eigenvalue weighted by Crippen LogP contribution is -2.57. The third-order valence-electron chi connectivity index (χ3n) is 5.24. The highest BCUT2D eigenvalue weighted by Crippen LogP contribution is 2.29. The number of rotatable bonds is 5. The van der Waals surface area contributed by atoms with E-state index in [1.807, 2.05) is 36.4 Å². The molecule has 4 heterocycles. The fourth-order valence-corrected chi connectivity index (χ4v) is 4.52. The Bertz CT molecular complexity index is 756. The third-order valence-corrected chi connectivity index (χ3v) is 6.23. The van der Waals surface area contributed by atoms with Crippen molar-refractivity contribution in [3.63, 3.8) is 0 Å². The molecule has 0 saturated carbocycles. The molecule has 5 rings (SSSR count). The fraction of sp³-hybridized carbons (Fsp3) is 0.400. The van der Waals surface area contributed by atoms with Crippen LogP contribution in [0.5, 0.6) is 5.88 Å². The van der Waals surface area contributed by atoms with Crippen LogP contribution >= 0.6 is 11.8 Å². The molecule has 1 N–H and O–H groups in total. The minimum atomic E-state index is 0.0337. The molecule has 6 heteroatoms. The third kappa shape index (κ3) is 3.86. The molecule has 1 amide bonds. The van der Waals surface area contributed by atoms with Crippen LogP contribution in [0.1, 0.15) is 23.2 Å². The van der Waals surface area contributed by atoms with Gasteiger partial charge in [0.1, 0.15) is 0 Å². The first-order chi connectivity index (χ1) is 12.7. The molecule has 1 unspecified atom stereocenters. The van der Waals surface area contributed by atoms with Crippen molar-refractivity contribution in [3.05, 3.63) is 48.2 Å². The number of carbonyl (C=O) groups is 1. The molecule has 5 nitrogen and oxygen atoms in total. The van der Waals surface area contributed by atoms with Crippen LogP contribution in [0.4, 0.5) is 0 Å². The Morgan fingerprint density at radius 3 is 2.46 bits per heavy atom. The summed E-state index contributed by atoms with van der Waals surface area (Å²) in [5.41, 5.74) is 0.721. The van der Waals surface area contributed by atoms with Gasteiger partial charge in [0.2, 0.25) is 5.88 Å². The molecular formula is C20H23N3O2S. The van der Waals surface area contributed by atoms with Gasteiger partial charge in [-0.1, -0.05) is 11.8 Å². The second-order valence-corrected chi connectivity index (χ2v) is 8.03. The smallest absolute Gasteiger partial charge is 0.251 e.